The molecule has 0 bridgehead atoms. The third kappa shape index (κ3) is 2.83. The standard InChI is InChI=1S/C36H21N3OS/c1-2-9-21-20(8-1)16-19-27-31(21)25-18-17-23-22-10-4-6-15-30(22)41-35(23)34(25)39(27)36-37-26-12-7-14-29-32(26)33(38-36)24-11-3-5-13-28(24)40-29/h1-19,24,28H. The predicted octanol–water partition coefficient (Wildman–Crippen LogP) is 9.22. The first-order chi connectivity index (χ1) is 20.3. The number of aromatic nitrogens is 3. The number of benzene rings is 5. The minimum absolute atomic E-state index is 0.0393. The highest BCUT2D eigenvalue weighted by Gasteiger charge is 2.33. The van der Waals surface area contributed by atoms with Crippen LogP contribution in [0.3, 0.4) is 0 Å². The molecule has 1 aliphatic carbocycles. The van der Waals surface area contributed by atoms with Crippen molar-refractivity contribution in [1.82, 2.24) is 14.5 Å². The van der Waals surface area contributed by atoms with Crippen LogP contribution >= 0.6 is 11.3 Å². The van der Waals surface area contributed by atoms with Crippen LogP contribution in [-0.4, -0.2) is 20.6 Å². The summed E-state index contributed by atoms with van der Waals surface area (Å²) in [4.78, 5) is 10.6. The van der Waals surface area contributed by atoms with Crippen molar-refractivity contribution in [3.05, 3.63) is 121 Å². The van der Waals surface area contributed by atoms with Gasteiger partial charge in [0, 0.05) is 26.2 Å². The second-order valence-electron chi connectivity index (χ2n) is 10.9. The maximum absolute atomic E-state index is 6.40. The van der Waals surface area contributed by atoms with Gasteiger partial charge in [0.15, 0.2) is 0 Å². The van der Waals surface area contributed by atoms with E-state index in [-0.39, 0.29) is 12.0 Å². The van der Waals surface area contributed by atoms with E-state index in [9.17, 15) is 0 Å². The van der Waals surface area contributed by atoms with Crippen LogP contribution in [0.15, 0.2) is 115 Å². The minimum atomic E-state index is -0.0720. The summed E-state index contributed by atoms with van der Waals surface area (Å²) in [6, 6.07) is 32.5. The SMILES string of the molecule is C1=CC2Oc3cccc4nc(-n5c6ccc7ccccc7c6c6ccc7c8ccccc8sc7c65)nc(c34)C2C=C1. The van der Waals surface area contributed by atoms with Gasteiger partial charge in [-0.25, -0.2) is 9.97 Å². The smallest absolute Gasteiger partial charge is 0.235 e. The van der Waals surface area contributed by atoms with Crippen molar-refractivity contribution in [2.75, 3.05) is 0 Å². The maximum Gasteiger partial charge on any atom is 0.235 e. The molecule has 0 amide bonds. The van der Waals surface area contributed by atoms with E-state index in [1.807, 2.05) is 23.5 Å². The first-order valence-electron chi connectivity index (χ1n) is 13.9. The van der Waals surface area contributed by atoms with Crippen LogP contribution in [0.4, 0.5) is 0 Å². The van der Waals surface area contributed by atoms with E-state index in [2.05, 4.69) is 108 Å². The summed E-state index contributed by atoms with van der Waals surface area (Å²) in [5.74, 6) is 1.59. The Kier molecular flexibility index (Phi) is 4.15. The van der Waals surface area contributed by atoms with Crippen LogP contribution in [0.2, 0.25) is 0 Å². The quantitative estimate of drug-likeness (QED) is 0.207. The number of fused-ring (bicyclic) bond motifs is 11. The molecule has 2 atom stereocenters. The third-order valence-electron chi connectivity index (χ3n) is 8.73. The molecule has 0 spiro atoms. The van der Waals surface area contributed by atoms with Gasteiger partial charge >= 0.3 is 0 Å². The average Bonchev–Trinajstić information content (AvgIpc) is 3.57. The number of hydrogen-bond acceptors (Lipinski definition) is 4. The van der Waals surface area contributed by atoms with E-state index in [4.69, 9.17) is 14.7 Å². The van der Waals surface area contributed by atoms with Gasteiger partial charge in [-0.1, -0.05) is 85.0 Å². The Morgan fingerprint density at radius 3 is 2.51 bits per heavy atom. The fraction of sp³-hybridized carbons (Fsp3) is 0.0556. The van der Waals surface area contributed by atoms with Crippen molar-refractivity contribution >= 4 is 75.0 Å². The summed E-state index contributed by atoms with van der Waals surface area (Å²) in [6.07, 6.45) is 8.42. The van der Waals surface area contributed by atoms with Crippen LogP contribution in [0.1, 0.15) is 11.6 Å². The van der Waals surface area contributed by atoms with Crippen LogP contribution in [0.5, 0.6) is 5.75 Å². The van der Waals surface area contributed by atoms with Gasteiger partial charge in [0.25, 0.3) is 0 Å². The van der Waals surface area contributed by atoms with Crippen molar-refractivity contribution in [3.8, 4) is 11.7 Å². The second kappa shape index (κ2) is 7.80. The molecule has 4 nitrogen and oxygen atoms in total. The Labute approximate surface area is 238 Å². The van der Waals surface area contributed by atoms with Gasteiger partial charge in [0.2, 0.25) is 5.95 Å². The molecule has 41 heavy (non-hydrogen) atoms. The van der Waals surface area contributed by atoms with Crippen LogP contribution < -0.4 is 4.74 Å². The van der Waals surface area contributed by atoms with E-state index < -0.39 is 0 Å². The number of allylic oxidation sites excluding steroid dienone is 2. The fourth-order valence-corrected chi connectivity index (χ4v) is 8.19. The normalized spacial score (nSPS) is 17.8. The first kappa shape index (κ1) is 21.8. The molecule has 10 rings (SSSR count). The minimum Gasteiger partial charge on any atom is -0.485 e. The highest BCUT2D eigenvalue weighted by Crippen LogP contribution is 2.46. The monoisotopic (exact) mass is 543 g/mol. The van der Waals surface area contributed by atoms with E-state index in [0.717, 1.165) is 27.9 Å². The van der Waals surface area contributed by atoms with E-state index in [1.54, 1.807) is 0 Å². The molecule has 0 saturated heterocycles. The van der Waals surface area contributed by atoms with Gasteiger partial charge in [-0.05, 0) is 41.1 Å². The van der Waals surface area contributed by atoms with Crippen molar-refractivity contribution in [2.45, 2.75) is 12.0 Å². The molecule has 5 aromatic carbocycles. The number of ether oxygens (including phenoxy) is 1. The Bertz CT molecular complexity index is 2480. The van der Waals surface area contributed by atoms with Crippen molar-refractivity contribution in [3.63, 3.8) is 0 Å². The van der Waals surface area contributed by atoms with Crippen molar-refractivity contribution in [2.24, 2.45) is 0 Å². The Morgan fingerprint density at radius 1 is 0.683 bits per heavy atom. The molecule has 1 aliphatic heterocycles. The van der Waals surface area contributed by atoms with Crippen molar-refractivity contribution < 1.29 is 4.74 Å². The van der Waals surface area contributed by atoms with Crippen molar-refractivity contribution in [1.29, 1.82) is 0 Å². The molecule has 0 saturated carbocycles. The molecule has 3 aromatic heterocycles. The van der Waals surface area contributed by atoms with E-state index in [0.29, 0.717) is 5.95 Å². The average molecular weight is 544 g/mol. The lowest BCUT2D eigenvalue weighted by atomic mass is 9.89. The van der Waals surface area contributed by atoms with E-state index >= 15 is 0 Å². The van der Waals surface area contributed by atoms with Gasteiger partial charge in [-0.15, -0.1) is 11.3 Å². The van der Waals surface area contributed by atoms with Crippen LogP contribution in [0.25, 0.3) is 69.6 Å². The maximum atomic E-state index is 6.40. The molecule has 2 aliphatic rings. The Morgan fingerprint density at radius 2 is 1.54 bits per heavy atom. The molecule has 5 heteroatoms. The summed E-state index contributed by atoms with van der Waals surface area (Å²) < 4.78 is 11.3. The summed E-state index contributed by atoms with van der Waals surface area (Å²) in [7, 11) is 0. The Hall–Kier alpha value is -5.00. The lowest BCUT2D eigenvalue weighted by Crippen LogP contribution is -2.28. The van der Waals surface area contributed by atoms with Gasteiger partial charge in [0.05, 0.1) is 38.2 Å². The number of hydrogen-bond donors (Lipinski definition) is 0. The molecular weight excluding hydrogens is 522 g/mol. The molecule has 2 unspecified atom stereocenters. The predicted molar refractivity (Wildman–Crippen MR) is 170 cm³/mol. The van der Waals surface area contributed by atoms with Gasteiger partial charge < -0.3 is 4.74 Å². The number of rotatable bonds is 1. The van der Waals surface area contributed by atoms with Gasteiger partial charge in [0.1, 0.15) is 11.9 Å². The largest absolute Gasteiger partial charge is 0.485 e. The number of nitrogens with zero attached hydrogens (tertiary/aromatic N) is 3. The van der Waals surface area contributed by atoms with Gasteiger partial charge in [-0.3, -0.25) is 4.57 Å². The molecule has 0 radical (unpaired) electrons. The lowest BCUT2D eigenvalue weighted by molar-refractivity contribution is 0.225. The molecule has 8 aromatic rings. The topological polar surface area (TPSA) is 39.9 Å². The molecule has 0 N–H and O–H groups in total. The van der Waals surface area contributed by atoms with E-state index in [1.165, 1.54) is 47.2 Å². The summed E-state index contributed by atoms with van der Waals surface area (Å²) >= 11 is 1.85. The summed E-state index contributed by atoms with van der Waals surface area (Å²) in [5, 5.41) is 8.50. The zero-order chi connectivity index (χ0) is 26.7. The summed E-state index contributed by atoms with van der Waals surface area (Å²) in [6.45, 7) is 0. The molecule has 0 fully saturated rings. The lowest BCUT2D eigenvalue weighted by Gasteiger charge is -2.31. The molecule has 4 heterocycles. The van der Waals surface area contributed by atoms with Crippen LogP contribution in [-0.2, 0) is 0 Å². The zero-order valence-corrected chi connectivity index (χ0v) is 22.6. The van der Waals surface area contributed by atoms with Gasteiger partial charge in [-0.2, -0.15) is 0 Å². The highest BCUT2D eigenvalue weighted by molar-refractivity contribution is 7.26. The second-order valence-corrected chi connectivity index (χ2v) is 11.9. The first-order valence-corrected chi connectivity index (χ1v) is 14.7. The molecular formula is C36H21N3OS. The Balaban J connectivity index is 1.41. The number of thiophene rings is 1. The highest BCUT2D eigenvalue weighted by atomic mass is 32.1. The zero-order valence-electron chi connectivity index (χ0n) is 21.8. The third-order valence-corrected chi connectivity index (χ3v) is 9.92. The summed E-state index contributed by atoms with van der Waals surface area (Å²) in [5.41, 5.74) is 4.22. The van der Waals surface area contributed by atoms with Crippen LogP contribution in [0, 0.1) is 0 Å². The molecule has 192 valence electrons. The fourth-order valence-electron chi connectivity index (χ4n) is 6.95.